The van der Waals surface area contributed by atoms with Gasteiger partial charge in [-0.3, -0.25) is 4.79 Å². The van der Waals surface area contributed by atoms with Crippen LogP contribution in [0.2, 0.25) is 0 Å². The zero-order valence-electron chi connectivity index (χ0n) is 23.5. The molecule has 4 rings (SSSR count). The van der Waals surface area contributed by atoms with Crippen molar-refractivity contribution < 1.29 is 51.2 Å². The first-order valence-corrected chi connectivity index (χ1v) is 12.9. The number of aryl methyl sites for hydroxylation is 2. The van der Waals surface area contributed by atoms with Crippen molar-refractivity contribution in [2.24, 2.45) is 17.3 Å². The van der Waals surface area contributed by atoms with E-state index in [2.05, 4.69) is 10.2 Å². The van der Waals surface area contributed by atoms with Crippen LogP contribution in [0.1, 0.15) is 50.5 Å². The highest BCUT2D eigenvalue weighted by Gasteiger charge is 2.42. The van der Waals surface area contributed by atoms with E-state index in [1.807, 2.05) is 31.5 Å². The molecule has 44 heavy (non-hydrogen) atoms. The van der Waals surface area contributed by atoms with Gasteiger partial charge in [0.15, 0.2) is 23.0 Å². The zero-order valence-corrected chi connectivity index (χ0v) is 23.5. The van der Waals surface area contributed by atoms with Gasteiger partial charge in [0, 0.05) is 49.5 Å². The number of carbonyl (C=O) groups is 3. The third-order valence-electron chi connectivity index (χ3n) is 6.77. The van der Waals surface area contributed by atoms with Gasteiger partial charge in [0.2, 0.25) is 5.75 Å². The summed E-state index contributed by atoms with van der Waals surface area (Å²) in [4.78, 5) is 35.0. The minimum atomic E-state index is -2.92. The van der Waals surface area contributed by atoms with E-state index in [4.69, 9.17) is 9.84 Å². The fourth-order valence-electron chi connectivity index (χ4n) is 4.49. The van der Waals surface area contributed by atoms with E-state index in [0.717, 1.165) is 39.6 Å². The molecule has 0 saturated carbocycles. The second kappa shape index (κ2) is 12.9. The molecule has 0 aliphatic carbocycles. The van der Waals surface area contributed by atoms with Crippen LogP contribution in [0.4, 0.5) is 28.8 Å². The Kier molecular flexibility index (Phi) is 9.26. The highest BCUT2D eigenvalue weighted by Crippen LogP contribution is 2.30. The molecule has 2 N–H and O–H groups in total. The molecule has 226 valence electrons. The SMILES string of the molecule is Cc1cc(C)n(C)c1/C=C1/C=CC(CCC(=O)Oc2c(F)cc(N=Nc3cc(C(=O)O)ccc3C(=O)O)cc2F)=[N+]1B(F)F. The number of hydrogen-bond acceptors (Lipinski definition) is 6. The predicted molar refractivity (Wildman–Crippen MR) is 151 cm³/mol. The average molecular weight is 611 g/mol. The third-order valence-corrected chi connectivity index (χ3v) is 6.77. The third kappa shape index (κ3) is 6.82. The quantitative estimate of drug-likeness (QED) is 0.0896. The number of nitrogens with zero attached hydrogens (tertiary/aromatic N) is 4. The summed E-state index contributed by atoms with van der Waals surface area (Å²) in [5.74, 6) is -7.62. The number of carbonyl (C=O) groups excluding carboxylic acids is 1. The van der Waals surface area contributed by atoms with Crippen molar-refractivity contribution in [2.75, 3.05) is 0 Å². The molecule has 3 aromatic rings. The highest BCUT2D eigenvalue weighted by atomic mass is 19.2. The molecule has 10 nitrogen and oxygen atoms in total. The van der Waals surface area contributed by atoms with Gasteiger partial charge >= 0.3 is 25.3 Å². The second-order valence-corrected chi connectivity index (χ2v) is 9.71. The van der Waals surface area contributed by atoms with Crippen LogP contribution < -0.4 is 4.74 Å². The van der Waals surface area contributed by atoms with Crippen molar-refractivity contribution in [2.45, 2.75) is 26.7 Å². The number of aromatic nitrogens is 1. The summed E-state index contributed by atoms with van der Waals surface area (Å²) in [6.07, 6.45) is 3.83. The lowest BCUT2D eigenvalue weighted by Gasteiger charge is -2.07. The first-order valence-electron chi connectivity index (χ1n) is 12.9. The van der Waals surface area contributed by atoms with E-state index in [1.54, 1.807) is 6.08 Å². The molecule has 2 aromatic carbocycles. The number of benzene rings is 2. The van der Waals surface area contributed by atoms with Crippen molar-refractivity contribution >= 4 is 48.5 Å². The van der Waals surface area contributed by atoms with Gasteiger partial charge in [-0.2, -0.15) is 5.11 Å². The van der Waals surface area contributed by atoms with E-state index < -0.39 is 60.4 Å². The number of allylic oxidation sites excluding steroid dienone is 2. The topological polar surface area (TPSA) is 134 Å². The van der Waals surface area contributed by atoms with Gasteiger partial charge in [-0.05, 0) is 43.7 Å². The molecule has 0 amide bonds. The summed E-state index contributed by atoms with van der Waals surface area (Å²) in [7, 11) is -1.11. The van der Waals surface area contributed by atoms with E-state index in [-0.39, 0.29) is 29.1 Å². The smallest absolute Gasteiger partial charge is 0.478 e. The maximum atomic E-state index is 14.7. The van der Waals surface area contributed by atoms with Crippen LogP contribution in [0, 0.1) is 25.5 Å². The lowest BCUT2D eigenvalue weighted by atomic mass is 10.1. The van der Waals surface area contributed by atoms with Crippen molar-refractivity contribution in [1.29, 1.82) is 0 Å². The lowest BCUT2D eigenvalue weighted by molar-refractivity contribution is -0.342. The van der Waals surface area contributed by atoms with Gasteiger partial charge in [-0.1, -0.05) is 0 Å². The van der Waals surface area contributed by atoms with Gasteiger partial charge in [0.1, 0.15) is 5.69 Å². The van der Waals surface area contributed by atoms with Crippen molar-refractivity contribution in [3.8, 4) is 5.75 Å². The van der Waals surface area contributed by atoms with Gasteiger partial charge in [0.05, 0.1) is 28.9 Å². The number of azo groups is 1. The van der Waals surface area contributed by atoms with E-state index in [0.29, 0.717) is 12.1 Å². The maximum Gasteiger partial charge on any atom is 0.934 e. The molecular weight excluding hydrogens is 587 g/mol. The number of carboxylic acid groups (broad SMARTS) is 2. The molecule has 0 bridgehead atoms. The Morgan fingerprint density at radius 2 is 1.68 bits per heavy atom. The number of ether oxygens (including phenoxy) is 1. The molecule has 0 spiro atoms. The number of hydrogen-bond donors (Lipinski definition) is 2. The van der Waals surface area contributed by atoms with E-state index in [1.165, 1.54) is 12.2 Å². The Labute approximate surface area is 248 Å². The summed E-state index contributed by atoms with van der Waals surface area (Å²) in [5.41, 5.74) is 1.38. The molecule has 0 fully saturated rings. The van der Waals surface area contributed by atoms with Gasteiger partial charge < -0.3 is 19.5 Å². The van der Waals surface area contributed by atoms with Crippen molar-refractivity contribution in [3.05, 3.63) is 94.0 Å². The molecule has 2 heterocycles. The highest BCUT2D eigenvalue weighted by molar-refractivity contribution is 6.35. The first kappa shape index (κ1) is 31.6. The second-order valence-electron chi connectivity index (χ2n) is 9.71. The largest absolute Gasteiger partial charge is 0.934 e. The van der Waals surface area contributed by atoms with Crippen LogP contribution >= 0.6 is 0 Å². The Balaban J connectivity index is 1.49. The predicted octanol–water partition coefficient (Wildman–Crippen LogP) is 6.41. The fourth-order valence-corrected chi connectivity index (χ4v) is 4.49. The molecule has 0 unspecified atom stereocenters. The number of halogens is 4. The number of esters is 1. The summed E-state index contributed by atoms with van der Waals surface area (Å²) in [6.45, 7) is 3.74. The first-order chi connectivity index (χ1) is 20.8. The molecule has 15 heteroatoms. The Morgan fingerprint density at radius 3 is 2.25 bits per heavy atom. The monoisotopic (exact) mass is 611 g/mol. The minimum Gasteiger partial charge on any atom is -0.478 e. The van der Waals surface area contributed by atoms with E-state index in [9.17, 15) is 36.9 Å². The summed E-state index contributed by atoms with van der Waals surface area (Å²) < 4.78 is 64.8. The average Bonchev–Trinajstić information content (AvgIpc) is 3.47. The number of rotatable bonds is 10. The van der Waals surface area contributed by atoms with Crippen molar-refractivity contribution in [3.63, 3.8) is 0 Å². The van der Waals surface area contributed by atoms with E-state index >= 15 is 0 Å². The van der Waals surface area contributed by atoms with Gasteiger partial charge in [-0.15, -0.1) is 5.11 Å². The Bertz CT molecular complexity index is 1790. The minimum absolute atomic E-state index is 0.108. The zero-order chi connectivity index (χ0) is 32.3. The lowest BCUT2D eigenvalue weighted by Crippen LogP contribution is -2.25. The molecule has 1 aliphatic heterocycles. The molecular formula is C29H24BF4N4O6+. The summed E-state index contributed by atoms with van der Waals surface area (Å²) in [5, 5.41) is 25.6. The molecule has 0 radical (unpaired) electrons. The van der Waals surface area contributed by atoms with Crippen LogP contribution in [0.25, 0.3) is 6.08 Å². The van der Waals surface area contributed by atoms with Gasteiger partial charge in [0.25, 0.3) is 0 Å². The van der Waals surface area contributed by atoms with Gasteiger partial charge in [-0.25, -0.2) is 31.5 Å². The van der Waals surface area contributed by atoms with Crippen LogP contribution in [-0.4, -0.2) is 50.3 Å². The normalized spacial score (nSPS) is 13.8. The summed E-state index contributed by atoms with van der Waals surface area (Å²) >= 11 is 0. The van der Waals surface area contributed by atoms with Crippen LogP contribution in [0.15, 0.2) is 64.5 Å². The fraction of sp³-hybridized carbons (Fsp3) is 0.172. The molecule has 0 saturated heterocycles. The van der Waals surface area contributed by atoms with Crippen LogP contribution in [0.5, 0.6) is 5.75 Å². The standard InChI is InChI=1S/C29H23BF4N4O6/c1-15-10-16(2)37(3)25(15)14-20-6-5-19(38(20)30(33)34)7-9-26(39)44-27-22(31)12-18(13-23(27)32)35-36-24-11-17(28(40)41)4-8-21(24)29(42)43/h4-6,8,10-14H,7,9H2,1-3H3,(H-,40,41,42,43)/p+1. The Hall–Kier alpha value is -5.34. The maximum absolute atomic E-state index is 14.7. The molecule has 1 aromatic heterocycles. The molecule has 0 atom stereocenters. The Morgan fingerprint density at radius 1 is 1.00 bits per heavy atom. The van der Waals surface area contributed by atoms with Crippen LogP contribution in [-0.2, 0) is 11.8 Å². The van der Waals surface area contributed by atoms with Crippen molar-refractivity contribution in [1.82, 2.24) is 4.57 Å². The summed E-state index contributed by atoms with van der Waals surface area (Å²) in [6, 6.07) is 6.20. The number of carboxylic acids is 2. The number of aromatic carboxylic acids is 2. The molecule has 1 aliphatic rings. The van der Waals surface area contributed by atoms with Crippen LogP contribution in [0.3, 0.4) is 0 Å².